The van der Waals surface area contributed by atoms with E-state index < -0.39 is 0 Å². The fraction of sp³-hybridized carbons (Fsp3) is 0.571. The van der Waals surface area contributed by atoms with Gasteiger partial charge in [-0.05, 0) is 24.9 Å². The van der Waals surface area contributed by atoms with Gasteiger partial charge >= 0.3 is 0 Å². The lowest BCUT2D eigenvalue weighted by molar-refractivity contribution is 0.177. The van der Waals surface area contributed by atoms with E-state index in [2.05, 4.69) is 35.6 Å². The minimum Gasteiger partial charge on any atom is -0.381 e. The first-order chi connectivity index (χ1) is 7.95. The Morgan fingerprint density at radius 3 is 2.75 bits per heavy atom. The molecule has 0 spiro atoms. The quantitative estimate of drug-likeness (QED) is 0.819. The van der Waals surface area contributed by atoms with Gasteiger partial charge in [-0.15, -0.1) is 0 Å². The highest BCUT2D eigenvalue weighted by Crippen LogP contribution is 2.34. The van der Waals surface area contributed by atoms with E-state index in [4.69, 9.17) is 4.74 Å². The molecule has 2 fully saturated rings. The summed E-state index contributed by atoms with van der Waals surface area (Å²) in [4.78, 5) is 0. The largest absolute Gasteiger partial charge is 0.381 e. The van der Waals surface area contributed by atoms with Crippen LogP contribution in [0.15, 0.2) is 30.3 Å². The van der Waals surface area contributed by atoms with Gasteiger partial charge in [0.1, 0.15) is 0 Å². The van der Waals surface area contributed by atoms with Crippen LogP contribution in [0.5, 0.6) is 0 Å². The number of nitrogens with one attached hydrogen (secondary N) is 1. The Labute approximate surface area is 97.0 Å². The van der Waals surface area contributed by atoms with E-state index in [0.717, 1.165) is 19.8 Å². The standard InChI is InChI=1S/C14H19NO/c1-2-4-11(5-3-1)13-6-8-15-14(13)12-7-9-16-10-12/h1-5,12-15H,6-10H2/t12-,13+,14?/m0/s1. The molecular weight excluding hydrogens is 198 g/mol. The zero-order valence-electron chi connectivity index (χ0n) is 9.56. The van der Waals surface area contributed by atoms with Crippen LogP contribution in [0.2, 0.25) is 0 Å². The molecule has 16 heavy (non-hydrogen) atoms. The first kappa shape index (κ1) is 10.3. The summed E-state index contributed by atoms with van der Waals surface area (Å²) in [5.74, 6) is 1.40. The predicted molar refractivity (Wildman–Crippen MR) is 64.5 cm³/mol. The first-order valence-corrected chi connectivity index (χ1v) is 6.31. The highest BCUT2D eigenvalue weighted by atomic mass is 16.5. The second-order valence-corrected chi connectivity index (χ2v) is 4.91. The SMILES string of the molecule is c1ccc([C@H]2CCNC2[C@H]2CCOC2)cc1. The molecule has 0 radical (unpaired) electrons. The van der Waals surface area contributed by atoms with Crippen LogP contribution in [0, 0.1) is 5.92 Å². The van der Waals surface area contributed by atoms with Crippen LogP contribution in [0.4, 0.5) is 0 Å². The molecule has 2 heteroatoms. The third-order valence-corrected chi connectivity index (χ3v) is 3.97. The summed E-state index contributed by atoms with van der Waals surface area (Å²) in [6.45, 7) is 3.05. The molecule has 3 rings (SSSR count). The van der Waals surface area contributed by atoms with Crippen molar-refractivity contribution in [1.82, 2.24) is 5.32 Å². The summed E-state index contributed by atoms with van der Waals surface area (Å²) >= 11 is 0. The van der Waals surface area contributed by atoms with Crippen molar-refractivity contribution in [2.24, 2.45) is 5.92 Å². The van der Waals surface area contributed by atoms with Crippen molar-refractivity contribution < 1.29 is 4.74 Å². The third kappa shape index (κ3) is 1.87. The summed E-state index contributed by atoms with van der Waals surface area (Å²) in [6.07, 6.45) is 2.49. The van der Waals surface area contributed by atoms with Crippen LogP contribution >= 0.6 is 0 Å². The second-order valence-electron chi connectivity index (χ2n) is 4.91. The Kier molecular flexibility index (Phi) is 2.94. The molecular formula is C14H19NO. The minimum absolute atomic E-state index is 0.630. The molecule has 86 valence electrons. The van der Waals surface area contributed by atoms with Crippen molar-refractivity contribution in [2.75, 3.05) is 19.8 Å². The smallest absolute Gasteiger partial charge is 0.0510 e. The zero-order valence-corrected chi connectivity index (χ0v) is 9.56. The Morgan fingerprint density at radius 1 is 1.12 bits per heavy atom. The molecule has 0 aliphatic carbocycles. The summed E-state index contributed by atoms with van der Waals surface area (Å²) in [7, 11) is 0. The van der Waals surface area contributed by atoms with Crippen molar-refractivity contribution in [1.29, 1.82) is 0 Å². The van der Waals surface area contributed by atoms with Gasteiger partial charge in [-0.3, -0.25) is 0 Å². The Balaban J connectivity index is 1.78. The van der Waals surface area contributed by atoms with Gasteiger partial charge < -0.3 is 10.1 Å². The molecule has 1 unspecified atom stereocenters. The van der Waals surface area contributed by atoms with Gasteiger partial charge in [-0.2, -0.15) is 0 Å². The summed E-state index contributed by atoms with van der Waals surface area (Å²) in [6, 6.07) is 11.6. The predicted octanol–water partition coefficient (Wildman–Crippen LogP) is 2.17. The van der Waals surface area contributed by atoms with Crippen molar-refractivity contribution in [2.45, 2.75) is 24.8 Å². The normalized spacial score (nSPS) is 34.4. The van der Waals surface area contributed by atoms with E-state index in [1.54, 1.807) is 0 Å². The van der Waals surface area contributed by atoms with E-state index in [-0.39, 0.29) is 0 Å². The maximum absolute atomic E-state index is 5.51. The molecule has 0 aromatic heterocycles. The zero-order chi connectivity index (χ0) is 10.8. The average molecular weight is 217 g/mol. The van der Waals surface area contributed by atoms with Gasteiger partial charge in [0, 0.05) is 24.5 Å². The van der Waals surface area contributed by atoms with Crippen LogP contribution in [-0.2, 0) is 4.74 Å². The number of benzene rings is 1. The monoisotopic (exact) mass is 217 g/mol. The summed E-state index contributed by atoms with van der Waals surface area (Å²) in [5, 5.41) is 3.67. The fourth-order valence-electron chi connectivity index (χ4n) is 3.13. The molecule has 0 bridgehead atoms. The molecule has 0 saturated carbocycles. The lowest BCUT2D eigenvalue weighted by Crippen LogP contribution is -2.34. The van der Waals surface area contributed by atoms with E-state index in [1.165, 1.54) is 18.4 Å². The maximum Gasteiger partial charge on any atom is 0.0510 e. The van der Waals surface area contributed by atoms with Gasteiger partial charge in [-0.25, -0.2) is 0 Å². The Morgan fingerprint density at radius 2 is 2.00 bits per heavy atom. The van der Waals surface area contributed by atoms with Gasteiger partial charge in [0.05, 0.1) is 6.61 Å². The minimum atomic E-state index is 0.630. The van der Waals surface area contributed by atoms with Gasteiger partial charge in [0.25, 0.3) is 0 Å². The molecule has 2 saturated heterocycles. The van der Waals surface area contributed by atoms with Crippen LogP contribution < -0.4 is 5.32 Å². The molecule has 0 amide bonds. The molecule has 1 aromatic carbocycles. The summed E-state index contributed by atoms with van der Waals surface area (Å²) < 4.78 is 5.51. The highest BCUT2D eigenvalue weighted by Gasteiger charge is 2.35. The van der Waals surface area contributed by atoms with Gasteiger partial charge in [0.2, 0.25) is 0 Å². The molecule has 3 atom stereocenters. The molecule has 1 N–H and O–H groups in total. The van der Waals surface area contributed by atoms with Crippen LogP contribution in [0.25, 0.3) is 0 Å². The number of hydrogen-bond donors (Lipinski definition) is 1. The topological polar surface area (TPSA) is 21.3 Å². The van der Waals surface area contributed by atoms with Crippen molar-refractivity contribution in [3.05, 3.63) is 35.9 Å². The Hall–Kier alpha value is -0.860. The summed E-state index contributed by atoms with van der Waals surface area (Å²) in [5.41, 5.74) is 1.49. The van der Waals surface area contributed by atoms with Crippen molar-refractivity contribution in [3.63, 3.8) is 0 Å². The van der Waals surface area contributed by atoms with E-state index in [0.29, 0.717) is 17.9 Å². The molecule has 2 nitrogen and oxygen atoms in total. The van der Waals surface area contributed by atoms with Crippen LogP contribution in [0.3, 0.4) is 0 Å². The first-order valence-electron chi connectivity index (χ1n) is 6.31. The number of hydrogen-bond acceptors (Lipinski definition) is 2. The highest BCUT2D eigenvalue weighted by molar-refractivity contribution is 5.23. The lowest BCUT2D eigenvalue weighted by atomic mass is 9.84. The van der Waals surface area contributed by atoms with Crippen LogP contribution in [-0.4, -0.2) is 25.8 Å². The number of ether oxygens (including phenoxy) is 1. The maximum atomic E-state index is 5.51. The Bertz CT molecular complexity index is 332. The fourth-order valence-corrected chi connectivity index (χ4v) is 3.13. The van der Waals surface area contributed by atoms with Gasteiger partial charge in [-0.1, -0.05) is 30.3 Å². The molecule has 1 aromatic rings. The van der Waals surface area contributed by atoms with Crippen LogP contribution in [0.1, 0.15) is 24.3 Å². The average Bonchev–Trinajstić information content (AvgIpc) is 3.01. The van der Waals surface area contributed by atoms with Gasteiger partial charge in [0.15, 0.2) is 0 Å². The second kappa shape index (κ2) is 4.56. The molecule has 2 heterocycles. The third-order valence-electron chi connectivity index (χ3n) is 3.97. The molecule has 2 aliphatic rings. The van der Waals surface area contributed by atoms with Crippen molar-refractivity contribution >= 4 is 0 Å². The van der Waals surface area contributed by atoms with Crippen molar-refractivity contribution in [3.8, 4) is 0 Å². The van der Waals surface area contributed by atoms with E-state index >= 15 is 0 Å². The number of rotatable bonds is 2. The molecule has 2 aliphatic heterocycles. The van der Waals surface area contributed by atoms with E-state index in [1.807, 2.05) is 0 Å². The lowest BCUT2D eigenvalue weighted by Gasteiger charge is -2.24. The van der Waals surface area contributed by atoms with E-state index in [9.17, 15) is 0 Å².